The van der Waals surface area contributed by atoms with Crippen molar-refractivity contribution in [2.75, 3.05) is 5.32 Å². The second kappa shape index (κ2) is 6.27. The lowest BCUT2D eigenvalue weighted by atomic mass is 9.76. The zero-order valence-corrected chi connectivity index (χ0v) is 16.6. The van der Waals surface area contributed by atoms with Crippen molar-refractivity contribution in [1.82, 2.24) is 14.8 Å². The largest absolute Gasteiger partial charge is 0.338 e. The third-order valence-electron chi connectivity index (χ3n) is 5.05. The number of hydrogen-bond acceptors (Lipinski definition) is 5. The van der Waals surface area contributed by atoms with Gasteiger partial charge in [0.2, 0.25) is 5.13 Å². The number of nitrogens with zero attached hydrogens (tertiary/aromatic N) is 3. The Morgan fingerprint density at radius 3 is 2.57 bits per heavy atom. The van der Waals surface area contributed by atoms with E-state index in [9.17, 15) is 4.79 Å². The SMILES string of the molecule is CC1(C)CC(=O)c2c(Nc3ccccc3)nn(-c3nc4ccccc4s3)c2C1. The fourth-order valence-electron chi connectivity index (χ4n) is 3.80. The van der Waals surface area contributed by atoms with E-state index >= 15 is 0 Å². The molecule has 1 N–H and O–H groups in total. The molecular formula is C22H20N4OS. The van der Waals surface area contributed by atoms with E-state index in [2.05, 4.69) is 25.2 Å². The summed E-state index contributed by atoms with van der Waals surface area (Å²) in [5.74, 6) is 0.748. The standard InChI is InChI=1S/C22H20N4OS/c1-22(2)12-16-19(17(27)13-22)20(23-14-8-4-3-5-9-14)25-26(16)21-24-15-10-6-7-11-18(15)28-21/h3-11H,12-13H2,1-2H3,(H,23,25). The highest BCUT2D eigenvalue weighted by Gasteiger charge is 2.37. The van der Waals surface area contributed by atoms with Crippen LogP contribution in [0.2, 0.25) is 0 Å². The monoisotopic (exact) mass is 388 g/mol. The summed E-state index contributed by atoms with van der Waals surface area (Å²) in [5.41, 5.74) is 3.41. The Hall–Kier alpha value is -2.99. The first kappa shape index (κ1) is 17.1. The normalized spacial score (nSPS) is 15.6. The topological polar surface area (TPSA) is 59.8 Å². The number of carbonyl (C=O) groups is 1. The molecule has 140 valence electrons. The molecule has 0 saturated heterocycles. The quantitative estimate of drug-likeness (QED) is 0.512. The lowest BCUT2D eigenvalue weighted by Gasteiger charge is -2.28. The van der Waals surface area contributed by atoms with Crippen molar-refractivity contribution < 1.29 is 4.79 Å². The van der Waals surface area contributed by atoms with Crippen molar-refractivity contribution in [3.8, 4) is 5.13 Å². The van der Waals surface area contributed by atoms with Crippen molar-refractivity contribution >= 4 is 38.8 Å². The van der Waals surface area contributed by atoms with Crippen LogP contribution in [0, 0.1) is 5.41 Å². The Bertz CT molecular complexity index is 1160. The highest BCUT2D eigenvalue weighted by molar-refractivity contribution is 7.20. The smallest absolute Gasteiger partial charge is 0.211 e. The maximum Gasteiger partial charge on any atom is 0.211 e. The lowest BCUT2D eigenvalue weighted by Crippen LogP contribution is -2.28. The number of thiazole rings is 1. The Morgan fingerprint density at radius 1 is 1.04 bits per heavy atom. The summed E-state index contributed by atoms with van der Waals surface area (Å²) >= 11 is 1.59. The van der Waals surface area contributed by atoms with Gasteiger partial charge in [-0.15, -0.1) is 5.10 Å². The van der Waals surface area contributed by atoms with E-state index in [1.807, 2.05) is 53.2 Å². The molecule has 2 heterocycles. The van der Waals surface area contributed by atoms with Crippen LogP contribution in [0.4, 0.5) is 11.5 Å². The summed E-state index contributed by atoms with van der Waals surface area (Å²) in [4.78, 5) is 17.8. The summed E-state index contributed by atoms with van der Waals surface area (Å²) in [5, 5.41) is 8.93. The summed E-state index contributed by atoms with van der Waals surface area (Å²) in [6.45, 7) is 4.27. The number of Topliss-reactive ketones (excluding diaryl/α,β-unsaturated/α-hetero) is 1. The van der Waals surface area contributed by atoms with E-state index < -0.39 is 0 Å². The second-order valence-corrected chi connectivity index (χ2v) is 8.99. The van der Waals surface area contributed by atoms with Gasteiger partial charge in [-0.2, -0.15) is 0 Å². The minimum absolute atomic E-state index is 0.0947. The molecule has 0 unspecified atom stereocenters. The maximum absolute atomic E-state index is 13.0. The molecule has 0 fully saturated rings. The first-order valence-corrected chi connectivity index (χ1v) is 10.1. The van der Waals surface area contributed by atoms with E-state index in [0.29, 0.717) is 17.8 Å². The third-order valence-corrected chi connectivity index (χ3v) is 6.06. The van der Waals surface area contributed by atoms with Crippen LogP contribution < -0.4 is 5.32 Å². The third kappa shape index (κ3) is 2.90. The van der Waals surface area contributed by atoms with Crippen molar-refractivity contribution in [2.24, 2.45) is 5.41 Å². The molecule has 0 spiro atoms. The number of hydrogen-bond donors (Lipinski definition) is 1. The molecule has 0 aliphatic heterocycles. The number of anilines is 2. The molecule has 0 amide bonds. The Kier molecular flexibility index (Phi) is 3.84. The molecule has 2 aromatic carbocycles. The Morgan fingerprint density at radius 2 is 1.79 bits per heavy atom. The summed E-state index contributed by atoms with van der Waals surface area (Å²) in [6, 6.07) is 17.9. The van der Waals surface area contributed by atoms with Crippen molar-refractivity contribution in [3.63, 3.8) is 0 Å². The average Bonchev–Trinajstić information content (AvgIpc) is 3.23. The van der Waals surface area contributed by atoms with Crippen LogP contribution in [-0.2, 0) is 6.42 Å². The fourth-order valence-corrected chi connectivity index (χ4v) is 4.75. The zero-order valence-electron chi connectivity index (χ0n) is 15.8. The number of rotatable bonds is 3. The predicted molar refractivity (Wildman–Crippen MR) is 113 cm³/mol. The number of nitrogens with one attached hydrogen (secondary N) is 1. The van der Waals surface area contributed by atoms with Gasteiger partial charge < -0.3 is 5.32 Å². The number of ketones is 1. The van der Waals surface area contributed by atoms with E-state index in [-0.39, 0.29) is 11.2 Å². The molecule has 1 aliphatic carbocycles. The molecule has 1 aliphatic rings. The molecule has 5 nitrogen and oxygen atoms in total. The van der Waals surface area contributed by atoms with Crippen LogP contribution >= 0.6 is 11.3 Å². The van der Waals surface area contributed by atoms with Crippen LogP contribution in [0.15, 0.2) is 54.6 Å². The minimum atomic E-state index is -0.0947. The van der Waals surface area contributed by atoms with E-state index in [4.69, 9.17) is 10.1 Å². The number of carbonyl (C=O) groups excluding carboxylic acids is 1. The molecule has 4 aromatic rings. The van der Waals surface area contributed by atoms with Crippen LogP contribution in [0.25, 0.3) is 15.3 Å². The van der Waals surface area contributed by atoms with Gasteiger partial charge >= 0.3 is 0 Å². The predicted octanol–water partition coefficient (Wildman–Crippen LogP) is 5.38. The summed E-state index contributed by atoms with van der Waals surface area (Å²) in [7, 11) is 0. The van der Waals surface area contributed by atoms with Crippen LogP contribution in [-0.4, -0.2) is 20.5 Å². The van der Waals surface area contributed by atoms with Gasteiger partial charge in [0, 0.05) is 12.1 Å². The molecule has 2 aromatic heterocycles. The number of aromatic nitrogens is 3. The van der Waals surface area contributed by atoms with Gasteiger partial charge in [-0.05, 0) is 36.1 Å². The number of benzene rings is 2. The lowest BCUT2D eigenvalue weighted by molar-refractivity contribution is 0.0912. The molecule has 0 atom stereocenters. The molecule has 0 bridgehead atoms. The molecule has 5 rings (SSSR count). The van der Waals surface area contributed by atoms with Crippen LogP contribution in [0.3, 0.4) is 0 Å². The van der Waals surface area contributed by atoms with Gasteiger partial charge in [-0.3, -0.25) is 4.79 Å². The van der Waals surface area contributed by atoms with Gasteiger partial charge in [0.1, 0.15) is 0 Å². The van der Waals surface area contributed by atoms with Gasteiger partial charge in [-0.1, -0.05) is 55.5 Å². The first-order chi connectivity index (χ1) is 13.5. The molecule has 6 heteroatoms. The maximum atomic E-state index is 13.0. The van der Waals surface area contributed by atoms with Gasteiger partial charge in [0.05, 0.1) is 21.5 Å². The van der Waals surface area contributed by atoms with Crippen LogP contribution in [0.1, 0.15) is 36.3 Å². The van der Waals surface area contributed by atoms with E-state index in [0.717, 1.165) is 33.2 Å². The van der Waals surface area contributed by atoms with E-state index in [1.54, 1.807) is 11.3 Å². The Balaban J connectivity index is 1.68. The van der Waals surface area contributed by atoms with Gasteiger partial charge in [0.15, 0.2) is 11.6 Å². The number of fused-ring (bicyclic) bond motifs is 2. The van der Waals surface area contributed by atoms with Crippen molar-refractivity contribution in [1.29, 1.82) is 0 Å². The summed E-state index contributed by atoms with van der Waals surface area (Å²) < 4.78 is 2.98. The highest BCUT2D eigenvalue weighted by atomic mass is 32.1. The molecule has 28 heavy (non-hydrogen) atoms. The average molecular weight is 388 g/mol. The highest BCUT2D eigenvalue weighted by Crippen LogP contribution is 2.40. The van der Waals surface area contributed by atoms with E-state index in [1.165, 1.54) is 0 Å². The number of para-hydroxylation sites is 2. The second-order valence-electron chi connectivity index (χ2n) is 7.98. The molecular weight excluding hydrogens is 368 g/mol. The molecule has 0 radical (unpaired) electrons. The van der Waals surface area contributed by atoms with Gasteiger partial charge in [0.25, 0.3) is 0 Å². The van der Waals surface area contributed by atoms with Crippen molar-refractivity contribution in [3.05, 3.63) is 65.9 Å². The summed E-state index contributed by atoms with van der Waals surface area (Å²) in [6.07, 6.45) is 1.31. The molecule has 0 saturated carbocycles. The minimum Gasteiger partial charge on any atom is -0.338 e. The van der Waals surface area contributed by atoms with Crippen molar-refractivity contribution in [2.45, 2.75) is 26.7 Å². The Labute approximate surface area is 167 Å². The first-order valence-electron chi connectivity index (χ1n) is 9.33. The zero-order chi connectivity index (χ0) is 19.3. The van der Waals surface area contributed by atoms with Crippen LogP contribution in [0.5, 0.6) is 0 Å². The fraction of sp³-hybridized carbons (Fsp3) is 0.227. The van der Waals surface area contributed by atoms with Gasteiger partial charge in [-0.25, -0.2) is 9.67 Å².